The molecule has 0 N–H and O–H groups in total. The Hall–Kier alpha value is -0.340. The standard InChI is InChI=1S/C10H12Cl2N2/c1-5-3-4-7-8(6(5)2)9(11)14-10(12)13-7/h5-6H,3-4H2,1-2H3. The number of rotatable bonds is 0. The van der Waals surface area contributed by atoms with Crippen LogP contribution < -0.4 is 0 Å². The number of hydrogen-bond acceptors (Lipinski definition) is 2. The normalized spacial score (nSPS) is 26.0. The van der Waals surface area contributed by atoms with Crippen LogP contribution in [0.4, 0.5) is 0 Å². The molecule has 2 rings (SSSR count). The lowest BCUT2D eigenvalue weighted by Gasteiger charge is -2.28. The smallest absolute Gasteiger partial charge is 0.223 e. The molecule has 76 valence electrons. The summed E-state index contributed by atoms with van der Waals surface area (Å²) in [5.41, 5.74) is 2.12. The molecule has 0 aromatic carbocycles. The molecule has 4 heteroatoms. The van der Waals surface area contributed by atoms with Gasteiger partial charge in [0.25, 0.3) is 0 Å². The largest absolute Gasteiger partial charge is 0.224 e. The molecule has 0 aliphatic heterocycles. The summed E-state index contributed by atoms with van der Waals surface area (Å²) in [6.45, 7) is 4.41. The highest BCUT2D eigenvalue weighted by Crippen LogP contribution is 2.38. The zero-order valence-corrected chi connectivity index (χ0v) is 9.73. The molecule has 0 fully saturated rings. The van der Waals surface area contributed by atoms with Crippen molar-refractivity contribution < 1.29 is 0 Å². The van der Waals surface area contributed by atoms with Crippen molar-refractivity contribution in [2.24, 2.45) is 5.92 Å². The van der Waals surface area contributed by atoms with Crippen LogP contribution >= 0.6 is 23.2 Å². The molecule has 1 aromatic heterocycles. The molecule has 1 aliphatic rings. The average Bonchev–Trinajstić information content (AvgIpc) is 2.10. The van der Waals surface area contributed by atoms with Gasteiger partial charge in [-0.2, -0.15) is 0 Å². The van der Waals surface area contributed by atoms with Gasteiger partial charge in [-0.3, -0.25) is 0 Å². The maximum Gasteiger partial charge on any atom is 0.224 e. The molecule has 0 saturated carbocycles. The van der Waals surface area contributed by atoms with E-state index in [4.69, 9.17) is 23.2 Å². The van der Waals surface area contributed by atoms with Gasteiger partial charge in [-0.15, -0.1) is 0 Å². The topological polar surface area (TPSA) is 25.8 Å². The lowest BCUT2D eigenvalue weighted by molar-refractivity contribution is 0.419. The van der Waals surface area contributed by atoms with Crippen molar-refractivity contribution in [1.82, 2.24) is 9.97 Å². The molecule has 2 unspecified atom stereocenters. The van der Waals surface area contributed by atoms with Crippen LogP contribution in [0.3, 0.4) is 0 Å². The van der Waals surface area contributed by atoms with Crippen LogP contribution in [-0.2, 0) is 6.42 Å². The summed E-state index contributed by atoms with van der Waals surface area (Å²) < 4.78 is 0. The number of hydrogen-bond donors (Lipinski definition) is 0. The molecule has 0 saturated heterocycles. The van der Waals surface area contributed by atoms with Gasteiger partial charge in [0.05, 0.1) is 5.69 Å². The molecule has 0 spiro atoms. The van der Waals surface area contributed by atoms with E-state index < -0.39 is 0 Å². The van der Waals surface area contributed by atoms with Crippen LogP contribution in [0.5, 0.6) is 0 Å². The van der Waals surface area contributed by atoms with Crippen molar-refractivity contribution in [3.05, 3.63) is 21.7 Å². The van der Waals surface area contributed by atoms with Crippen LogP contribution in [-0.4, -0.2) is 9.97 Å². The fraction of sp³-hybridized carbons (Fsp3) is 0.600. The number of aromatic nitrogens is 2. The number of nitrogens with zero attached hydrogens (tertiary/aromatic N) is 2. The Kier molecular flexibility index (Phi) is 2.67. The Morgan fingerprint density at radius 3 is 2.64 bits per heavy atom. The van der Waals surface area contributed by atoms with Gasteiger partial charge >= 0.3 is 0 Å². The molecular weight excluding hydrogens is 219 g/mol. The monoisotopic (exact) mass is 230 g/mol. The second kappa shape index (κ2) is 3.67. The van der Waals surface area contributed by atoms with Gasteiger partial charge in [0.15, 0.2) is 0 Å². The fourth-order valence-electron chi connectivity index (χ4n) is 2.00. The summed E-state index contributed by atoms with van der Waals surface area (Å²) in [5.74, 6) is 1.08. The second-order valence-electron chi connectivity index (χ2n) is 3.95. The lowest BCUT2D eigenvalue weighted by atomic mass is 9.80. The van der Waals surface area contributed by atoms with Crippen molar-refractivity contribution in [1.29, 1.82) is 0 Å². The Balaban J connectivity index is 2.54. The molecule has 0 amide bonds. The third-order valence-corrected chi connectivity index (χ3v) is 3.55. The highest BCUT2D eigenvalue weighted by molar-refractivity contribution is 6.32. The van der Waals surface area contributed by atoms with Crippen molar-refractivity contribution in [2.45, 2.75) is 32.6 Å². The summed E-state index contributed by atoms with van der Waals surface area (Å²) in [6, 6.07) is 0. The predicted molar refractivity (Wildman–Crippen MR) is 58.0 cm³/mol. The van der Waals surface area contributed by atoms with Gasteiger partial charge in [-0.25, -0.2) is 9.97 Å². The Bertz CT molecular complexity index is 365. The van der Waals surface area contributed by atoms with E-state index in [0.29, 0.717) is 17.0 Å². The van der Waals surface area contributed by atoms with Gasteiger partial charge in [0.1, 0.15) is 5.15 Å². The Morgan fingerprint density at radius 1 is 1.21 bits per heavy atom. The molecule has 2 atom stereocenters. The van der Waals surface area contributed by atoms with Crippen LogP contribution in [0.15, 0.2) is 0 Å². The van der Waals surface area contributed by atoms with E-state index in [1.54, 1.807) is 0 Å². The molecule has 2 nitrogen and oxygen atoms in total. The van der Waals surface area contributed by atoms with Gasteiger partial charge in [0, 0.05) is 5.56 Å². The highest BCUT2D eigenvalue weighted by Gasteiger charge is 2.27. The van der Waals surface area contributed by atoms with Crippen molar-refractivity contribution >= 4 is 23.2 Å². The van der Waals surface area contributed by atoms with Gasteiger partial charge in [0.2, 0.25) is 5.28 Å². The van der Waals surface area contributed by atoms with Crippen LogP contribution in [0.25, 0.3) is 0 Å². The van der Waals surface area contributed by atoms with E-state index in [2.05, 4.69) is 23.8 Å². The molecule has 1 aliphatic carbocycles. The van der Waals surface area contributed by atoms with Crippen LogP contribution in [0.1, 0.15) is 37.4 Å². The van der Waals surface area contributed by atoms with Gasteiger partial charge in [-0.1, -0.05) is 25.4 Å². The number of aryl methyl sites for hydroxylation is 1. The molecule has 0 radical (unpaired) electrons. The quantitative estimate of drug-likeness (QED) is 0.504. The maximum absolute atomic E-state index is 6.07. The summed E-state index contributed by atoms with van der Waals surface area (Å²) >= 11 is 11.8. The first-order valence-electron chi connectivity index (χ1n) is 4.81. The first-order chi connectivity index (χ1) is 6.59. The minimum Gasteiger partial charge on any atom is -0.223 e. The first-order valence-corrected chi connectivity index (χ1v) is 5.57. The van der Waals surface area contributed by atoms with E-state index in [1.807, 2.05) is 0 Å². The Morgan fingerprint density at radius 2 is 1.93 bits per heavy atom. The van der Waals surface area contributed by atoms with E-state index in [1.165, 1.54) is 0 Å². The molecule has 0 bridgehead atoms. The number of halogens is 2. The third kappa shape index (κ3) is 1.61. The van der Waals surface area contributed by atoms with E-state index in [9.17, 15) is 0 Å². The third-order valence-electron chi connectivity index (χ3n) is 3.10. The average molecular weight is 231 g/mol. The van der Waals surface area contributed by atoms with Crippen LogP contribution in [0, 0.1) is 5.92 Å². The zero-order chi connectivity index (χ0) is 10.3. The van der Waals surface area contributed by atoms with Crippen molar-refractivity contribution in [2.75, 3.05) is 0 Å². The zero-order valence-electron chi connectivity index (χ0n) is 8.22. The summed E-state index contributed by atoms with van der Waals surface area (Å²) in [7, 11) is 0. The van der Waals surface area contributed by atoms with Gasteiger partial charge in [-0.05, 0) is 36.3 Å². The number of fused-ring (bicyclic) bond motifs is 1. The lowest BCUT2D eigenvalue weighted by Crippen LogP contribution is -2.18. The van der Waals surface area contributed by atoms with Gasteiger partial charge < -0.3 is 0 Å². The molecule has 14 heavy (non-hydrogen) atoms. The molecular formula is C10H12Cl2N2. The first kappa shape index (κ1) is 10.2. The summed E-state index contributed by atoms with van der Waals surface area (Å²) in [5, 5.41) is 0.787. The summed E-state index contributed by atoms with van der Waals surface area (Å²) in [4.78, 5) is 8.22. The van der Waals surface area contributed by atoms with Crippen molar-refractivity contribution in [3.63, 3.8) is 0 Å². The Labute approximate surface area is 93.7 Å². The summed E-state index contributed by atoms with van der Waals surface area (Å²) in [6.07, 6.45) is 2.11. The predicted octanol–water partition coefficient (Wildman–Crippen LogP) is 3.47. The van der Waals surface area contributed by atoms with E-state index in [0.717, 1.165) is 24.1 Å². The maximum atomic E-state index is 6.07. The van der Waals surface area contributed by atoms with Crippen molar-refractivity contribution in [3.8, 4) is 0 Å². The van der Waals surface area contributed by atoms with E-state index in [-0.39, 0.29) is 5.28 Å². The minimum absolute atomic E-state index is 0.260. The fourth-order valence-corrected chi connectivity index (χ4v) is 2.59. The SMILES string of the molecule is CC1CCc2nc(Cl)nc(Cl)c2C1C. The van der Waals surface area contributed by atoms with E-state index >= 15 is 0 Å². The highest BCUT2D eigenvalue weighted by atomic mass is 35.5. The molecule has 1 aromatic rings. The minimum atomic E-state index is 0.260. The molecule has 1 heterocycles. The second-order valence-corrected chi connectivity index (χ2v) is 4.64. The van der Waals surface area contributed by atoms with Crippen LogP contribution in [0.2, 0.25) is 10.4 Å².